The number of carbonyl (C=O) groups excluding carboxylic acids is 1. The van der Waals surface area contributed by atoms with Crippen molar-refractivity contribution in [3.63, 3.8) is 0 Å². The van der Waals surface area contributed by atoms with Gasteiger partial charge in [0.2, 0.25) is 0 Å². The summed E-state index contributed by atoms with van der Waals surface area (Å²) in [5.41, 5.74) is 0.808. The van der Waals surface area contributed by atoms with Gasteiger partial charge in [0.25, 0.3) is 5.89 Å². The first kappa shape index (κ1) is 11.6. The number of nitrogens with zero attached hydrogens (tertiary/aromatic N) is 2. The zero-order valence-electron chi connectivity index (χ0n) is 9.88. The molecule has 6 heteroatoms. The monoisotopic (exact) mass is 264 g/mol. The number of rotatable bonds is 3. The number of carbonyl (C=O) groups is 1. The van der Waals surface area contributed by atoms with Crippen molar-refractivity contribution in [2.45, 2.75) is 19.3 Å². The summed E-state index contributed by atoms with van der Waals surface area (Å²) >= 11 is 1.39. The Morgan fingerprint density at radius 2 is 2.44 bits per heavy atom. The van der Waals surface area contributed by atoms with E-state index in [2.05, 4.69) is 10.1 Å². The zero-order chi connectivity index (χ0) is 12.5. The van der Waals surface area contributed by atoms with Crippen LogP contribution in [0.5, 0.6) is 0 Å². The van der Waals surface area contributed by atoms with Crippen LogP contribution in [0.15, 0.2) is 16.0 Å². The van der Waals surface area contributed by atoms with Gasteiger partial charge < -0.3 is 9.26 Å². The van der Waals surface area contributed by atoms with Gasteiger partial charge in [-0.2, -0.15) is 4.98 Å². The Kier molecular flexibility index (Phi) is 2.97. The highest BCUT2D eigenvalue weighted by Gasteiger charge is 2.23. The number of aromatic nitrogens is 2. The second-order valence-corrected chi connectivity index (χ2v) is 5.19. The maximum atomic E-state index is 11.2. The quantitative estimate of drug-likeness (QED) is 0.797. The van der Waals surface area contributed by atoms with Gasteiger partial charge in [0.05, 0.1) is 17.0 Å². The third-order valence-corrected chi connectivity index (χ3v) is 3.96. The molecule has 1 aliphatic heterocycles. The third kappa shape index (κ3) is 2.09. The predicted molar refractivity (Wildman–Crippen MR) is 65.8 cm³/mol. The smallest absolute Gasteiger partial charge is 0.258 e. The fourth-order valence-electron chi connectivity index (χ4n) is 1.89. The van der Waals surface area contributed by atoms with Gasteiger partial charge in [0.1, 0.15) is 0 Å². The summed E-state index contributed by atoms with van der Waals surface area (Å²) in [6.07, 6.45) is 0.932. The van der Waals surface area contributed by atoms with E-state index in [0.717, 1.165) is 18.6 Å². The number of Topliss-reactive ketones (excluding diaryl/α,β-unsaturated/α-hetero) is 1. The molecule has 0 radical (unpaired) electrons. The molecule has 0 aliphatic carbocycles. The van der Waals surface area contributed by atoms with E-state index in [0.29, 0.717) is 23.2 Å². The number of thiophene rings is 1. The van der Waals surface area contributed by atoms with E-state index in [1.165, 1.54) is 11.3 Å². The van der Waals surface area contributed by atoms with Gasteiger partial charge >= 0.3 is 0 Å². The van der Waals surface area contributed by atoms with E-state index in [9.17, 15) is 4.79 Å². The average Bonchev–Trinajstić information content (AvgIpc) is 3.10. The molecule has 1 fully saturated rings. The molecule has 0 bridgehead atoms. The van der Waals surface area contributed by atoms with Crippen molar-refractivity contribution in [3.05, 3.63) is 22.1 Å². The lowest BCUT2D eigenvalue weighted by Crippen LogP contribution is -1.99. The third-order valence-electron chi connectivity index (χ3n) is 2.93. The van der Waals surface area contributed by atoms with Crippen LogP contribution < -0.4 is 0 Å². The maximum absolute atomic E-state index is 11.2. The van der Waals surface area contributed by atoms with Crippen molar-refractivity contribution in [1.29, 1.82) is 0 Å². The van der Waals surface area contributed by atoms with Gasteiger partial charge in [-0.15, -0.1) is 11.3 Å². The molecule has 5 nitrogen and oxygen atoms in total. The Morgan fingerprint density at radius 1 is 1.56 bits per heavy atom. The van der Waals surface area contributed by atoms with Crippen LogP contribution in [0.4, 0.5) is 0 Å². The van der Waals surface area contributed by atoms with E-state index in [1.807, 2.05) is 5.38 Å². The Bertz CT molecular complexity index is 569. The van der Waals surface area contributed by atoms with Crippen molar-refractivity contribution in [1.82, 2.24) is 10.1 Å². The molecule has 18 heavy (non-hydrogen) atoms. The van der Waals surface area contributed by atoms with Crippen LogP contribution in [0.2, 0.25) is 0 Å². The number of ketones is 1. The highest BCUT2D eigenvalue weighted by atomic mass is 32.1. The largest absolute Gasteiger partial charge is 0.381 e. The Morgan fingerprint density at radius 3 is 3.11 bits per heavy atom. The molecule has 0 saturated carbocycles. The fourth-order valence-corrected chi connectivity index (χ4v) is 2.67. The van der Waals surface area contributed by atoms with Gasteiger partial charge in [0.15, 0.2) is 11.6 Å². The molecule has 3 rings (SSSR count). The maximum Gasteiger partial charge on any atom is 0.258 e. The molecule has 2 aromatic rings. The normalized spacial score (nSPS) is 19.3. The van der Waals surface area contributed by atoms with Gasteiger partial charge in [-0.05, 0) is 19.4 Å². The van der Waals surface area contributed by atoms with E-state index < -0.39 is 0 Å². The Balaban J connectivity index is 1.85. The standard InChI is InChI=1S/C12H12N2O3S/c1-7(15)10-4-9(6-18-10)12-13-11(14-17-12)8-2-3-16-5-8/h4,6,8H,2-3,5H2,1H3/t8-/m1/s1. The molecule has 1 atom stereocenters. The molecule has 0 aromatic carbocycles. The van der Waals surface area contributed by atoms with Crippen LogP contribution in [0.1, 0.15) is 34.8 Å². The van der Waals surface area contributed by atoms with E-state index in [-0.39, 0.29) is 11.7 Å². The van der Waals surface area contributed by atoms with E-state index in [4.69, 9.17) is 9.26 Å². The SMILES string of the molecule is CC(=O)c1cc(-c2nc([C@@H]3CCOC3)no2)cs1. The lowest BCUT2D eigenvalue weighted by Gasteiger charge is -1.97. The van der Waals surface area contributed by atoms with Crippen LogP contribution in [-0.2, 0) is 4.74 Å². The second-order valence-electron chi connectivity index (χ2n) is 4.27. The van der Waals surface area contributed by atoms with Gasteiger partial charge in [0, 0.05) is 17.9 Å². The molecule has 1 saturated heterocycles. The molecule has 3 heterocycles. The second kappa shape index (κ2) is 4.62. The minimum Gasteiger partial charge on any atom is -0.381 e. The zero-order valence-corrected chi connectivity index (χ0v) is 10.7. The van der Waals surface area contributed by atoms with Crippen molar-refractivity contribution >= 4 is 17.1 Å². The molecular formula is C12H12N2O3S. The first-order valence-corrected chi connectivity index (χ1v) is 6.63. The van der Waals surface area contributed by atoms with Crippen LogP contribution in [0.3, 0.4) is 0 Å². The summed E-state index contributed by atoms with van der Waals surface area (Å²) in [5, 5.41) is 5.84. The molecule has 94 valence electrons. The number of hydrogen-bond donors (Lipinski definition) is 0. The van der Waals surface area contributed by atoms with Crippen molar-refractivity contribution in [2.75, 3.05) is 13.2 Å². The van der Waals surface area contributed by atoms with Crippen LogP contribution in [-0.4, -0.2) is 29.1 Å². The van der Waals surface area contributed by atoms with Crippen molar-refractivity contribution < 1.29 is 14.1 Å². The van der Waals surface area contributed by atoms with Crippen molar-refractivity contribution in [3.8, 4) is 11.5 Å². The minimum absolute atomic E-state index is 0.0511. The molecule has 0 unspecified atom stereocenters. The summed E-state index contributed by atoms with van der Waals surface area (Å²) in [6.45, 7) is 2.95. The van der Waals surface area contributed by atoms with Crippen LogP contribution >= 0.6 is 11.3 Å². The first-order valence-electron chi connectivity index (χ1n) is 5.75. The summed E-state index contributed by atoms with van der Waals surface area (Å²) in [4.78, 5) is 16.3. The molecule has 2 aromatic heterocycles. The van der Waals surface area contributed by atoms with E-state index in [1.54, 1.807) is 13.0 Å². The molecule has 0 N–H and O–H groups in total. The highest BCUT2D eigenvalue weighted by Crippen LogP contribution is 2.28. The summed E-state index contributed by atoms with van der Waals surface area (Å²) in [7, 11) is 0. The molecule has 0 spiro atoms. The summed E-state index contributed by atoms with van der Waals surface area (Å²) in [5.74, 6) is 1.45. The number of ether oxygens (including phenoxy) is 1. The van der Waals surface area contributed by atoms with Crippen LogP contribution in [0, 0.1) is 0 Å². The number of hydrogen-bond acceptors (Lipinski definition) is 6. The lowest BCUT2D eigenvalue weighted by atomic mass is 10.1. The van der Waals surface area contributed by atoms with Crippen LogP contribution in [0.25, 0.3) is 11.5 Å². The summed E-state index contributed by atoms with van der Waals surface area (Å²) < 4.78 is 10.5. The fraction of sp³-hybridized carbons (Fsp3) is 0.417. The van der Waals surface area contributed by atoms with Gasteiger partial charge in [-0.1, -0.05) is 5.16 Å². The Labute approximate surface area is 108 Å². The predicted octanol–water partition coefficient (Wildman–Crippen LogP) is 2.50. The average molecular weight is 264 g/mol. The van der Waals surface area contributed by atoms with Gasteiger partial charge in [-0.3, -0.25) is 4.79 Å². The Hall–Kier alpha value is -1.53. The minimum atomic E-state index is 0.0511. The lowest BCUT2D eigenvalue weighted by molar-refractivity contribution is 0.102. The molecular weight excluding hydrogens is 252 g/mol. The summed E-state index contributed by atoms with van der Waals surface area (Å²) in [6, 6.07) is 1.79. The highest BCUT2D eigenvalue weighted by molar-refractivity contribution is 7.12. The van der Waals surface area contributed by atoms with Gasteiger partial charge in [-0.25, -0.2) is 0 Å². The van der Waals surface area contributed by atoms with E-state index >= 15 is 0 Å². The molecule has 1 aliphatic rings. The molecule has 0 amide bonds. The topological polar surface area (TPSA) is 65.2 Å². The first-order chi connectivity index (χ1) is 8.74. The van der Waals surface area contributed by atoms with Crippen molar-refractivity contribution in [2.24, 2.45) is 0 Å².